The zero-order chi connectivity index (χ0) is 22.0. The third-order valence-corrected chi connectivity index (χ3v) is 5.74. The molecule has 0 bridgehead atoms. The number of fused-ring (bicyclic) bond motifs is 1. The molecule has 1 atom stereocenters. The molecule has 1 saturated carbocycles. The van der Waals surface area contributed by atoms with Crippen molar-refractivity contribution in [2.45, 2.75) is 51.3 Å². The summed E-state index contributed by atoms with van der Waals surface area (Å²) >= 11 is 0. The van der Waals surface area contributed by atoms with Gasteiger partial charge in [0.2, 0.25) is 0 Å². The molecule has 1 aliphatic carbocycles. The van der Waals surface area contributed by atoms with E-state index in [0.29, 0.717) is 0 Å². The number of hydrogen-bond acceptors (Lipinski definition) is 5. The Morgan fingerprint density at radius 1 is 1.03 bits per heavy atom. The van der Waals surface area contributed by atoms with Gasteiger partial charge >= 0.3 is 5.97 Å². The molecule has 0 radical (unpaired) electrons. The lowest BCUT2D eigenvalue weighted by molar-refractivity contribution is -0.129. The van der Waals surface area contributed by atoms with E-state index in [0.717, 1.165) is 36.1 Å². The Balaban J connectivity index is 1.44. The number of benzene rings is 2. The van der Waals surface area contributed by atoms with E-state index in [9.17, 15) is 19.2 Å². The van der Waals surface area contributed by atoms with E-state index in [-0.39, 0.29) is 35.2 Å². The molecule has 2 aliphatic rings. The molecular weight excluding hydrogens is 396 g/mol. The van der Waals surface area contributed by atoms with Crippen LogP contribution in [0, 0.1) is 0 Å². The average molecular weight is 420 g/mol. The van der Waals surface area contributed by atoms with Crippen LogP contribution >= 0.6 is 0 Å². The lowest BCUT2D eigenvalue weighted by Crippen LogP contribution is -2.40. The number of carbonyl (C=O) groups is 4. The summed E-state index contributed by atoms with van der Waals surface area (Å²) in [5, 5.41) is 2.90. The van der Waals surface area contributed by atoms with E-state index >= 15 is 0 Å². The van der Waals surface area contributed by atoms with Crippen LogP contribution < -0.4 is 5.32 Å². The highest BCUT2D eigenvalue weighted by molar-refractivity contribution is 6.21. The molecule has 0 aromatic heterocycles. The van der Waals surface area contributed by atoms with E-state index in [2.05, 4.69) is 5.32 Å². The highest BCUT2D eigenvalue weighted by Gasteiger charge is 2.36. The Morgan fingerprint density at radius 2 is 1.71 bits per heavy atom. The SMILES string of the molecule is C[C@H](OC(=O)c1ccc2c(c1)C(=O)N(Cc1ccccc1)C2=O)C(=O)NC1CCCC1. The molecule has 31 heavy (non-hydrogen) atoms. The van der Waals surface area contributed by atoms with Gasteiger partial charge in [-0.3, -0.25) is 19.3 Å². The largest absolute Gasteiger partial charge is 0.449 e. The van der Waals surface area contributed by atoms with Crippen LogP contribution in [0.15, 0.2) is 48.5 Å². The van der Waals surface area contributed by atoms with Crippen LogP contribution in [0.5, 0.6) is 0 Å². The van der Waals surface area contributed by atoms with Gasteiger partial charge in [0.1, 0.15) is 0 Å². The van der Waals surface area contributed by atoms with Gasteiger partial charge in [0, 0.05) is 6.04 Å². The van der Waals surface area contributed by atoms with Gasteiger partial charge in [0.05, 0.1) is 23.2 Å². The predicted molar refractivity (Wildman–Crippen MR) is 112 cm³/mol. The fraction of sp³-hybridized carbons (Fsp3) is 0.333. The van der Waals surface area contributed by atoms with Gasteiger partial charge in [-0.25, -0.2) is 4.79 Å². The first-order valence-electron chi connectivity index (χ1n) is 10.5. The molecule has 4 rings (SSSR count). The molecule has 0 unspecified atom stereocenters. The summed E-state index contributed by atoms with van der Waals surface area (Å²) < 4.78 is 5.29. The van der Waals surface area contributed by atoms with Gasteiger partial charge < -0.3 is 10.1 Å². The standard InChI is InChI=1S/C24H24N2O5/c1-15(21(27)25-18-9-5-6-10-18)31-24(30)17-11-12-19-20(13-17)23(29)26(22(19)28)14-16-7-3-2-4-8-16/h2-4,7-8,11-13,15,18H,5-6,9-10,14H2,1H3,(H,25,27)/t15-/m0/s1. The van der Waals surface area contributed by atoms with Crippen molar-refractivity contribution in [3.05, 3.63) is 70.8 Å². The van der Waals surface area contributed by atoms with Gasteiger partial charge in [-0.2, -0.15) is 0 Å². The number of amides is 3. The third kappa shape index (κ3) is 4.35. The number of esters is 1. The minimum absolute atomic E-state index is 0.127. The second-order valence-electron chi connectivity index (χ2n) is 7.98. The lowest BCUT2D eigenvalue weighted by Gasteiger charge is -2.17. The summed E-state index contributed by atoms with van der Waals surface area (Å²) in [6, 6.07) is 13.6. The maximum atomic E-state index is 12.8. The van der Waals surface area contributed by atoms with Crippen molar-refractivity contribution in [3.8, 4) is 0 Å². The molecule has 1 heterocycles. The molecule has 160 valence electrons. The van der Waals surface area contributed by atoms with E-state index in [4.69, 9.17) is 4.74 Å². The molecule has 0 spiro atoms. The van der Waals surface area contributed by atoms with Crippen molar-refractivity contribution in [1.82, 2.24) is 10.2 Å². The van der Waals surface area contributed by atoms with Gasteiger partial charge in [-0.1, -0.05) is 43.2 Å². The predicted octanol–water partition coefficient (Wildman–Crippen LogP) is 3.09. The monoisotopic (exact) mass is 420 g/mol. The first-order valence-corrected chi connectivity index (χ1v) is 10.5. The summed E-state index contributed by atoms with van der Waals surface area (Å²) in [5.74, 6) is -1.89. The van der Waals surface area contributed by atoms with Crippen molar-refractivity contribution in [2.75, 3.05) is 0 Å². The van der Waals surface area contributed by atoms with E-state index in [1.165, 1.54) is 25.1 Å². The summed E-state index contributed by atoms with van der Waals surface area (Å²) in [6.45, 7) is 1.68. The first-order chi connectivity index (χ1) is 14.9. The number of imide groups is 1. The Hall–Kier alpha value is -3.48. The summed E-state index contributed by atoms with van der Waals surface area (Å²) in [7, 11) is 0. The number of nitrogens with one attached hydrogen (secondary N) is 1. The molecule has 2 aromatic carbocycles. The third-order valence-electron chi connectivity index (χ3n) is 5.74. The number of nitrogens with zero attached hydrogens (tertiary/aromatic N) is 1. The molecule has 3 amide bonds. The second kappa shape index (κ2) is 8.71. The molecule has 1 N–H and O–H groups in total. The summed E-state index contributed by atoms with van der Waals surface area (Å²) in [5.41, 5.74) is 1.38. The Morgan fingerprint density at radius 3 is 2.42 bits per heavy atom. The molecule has 7 nitrogen and oxygen atoms in total. The Kier molecular flexibility index (Phi) is 5.84. The number of carbonyl (C=O) groups excluding carboxylic acids is 4. The molecule has 1 fully saturated rings. The molecular formula is C24H24N2O5. The van der Waals surface area contributed by atoms with Crippen LogP contribution in [0.3, 0.4) is 0 Å². The fourth-order valence-corrected chi connectivity index (χ4v) is 4.00. The molecule has 0 saturated heterocycles. The van der Waals surface area contributed by atoms with Crippen molar-refractivity contribution in [3.63, 3.8) is 0 Å². The van der Waals surface area contributed by atoms with Gasteiger partial charge in [0.25, 0.3) is 17.7 Å². The van der Waals surface area contributed by atoms with Crippen molar-refractivity contribution in [2.24, 2.45) is 0 Å². The van der Waals surface area contributed by atoms with E-state index in [1.807, 2.05) is 30.3 Å². The fourth-order valence-electron chi connectivity index (χ4n) is 4.00. The van der Waals surface area contributed by atoms with E-state index < -0.39 is 23.9 Å². The zero-order valence-electron chi connectivity index (χ0n) is 17.3. The van der Waals surface area contributed by atoms with Crippen molar-refractivity contribution < 1.29 is 23.9 Å². The minimum Gasteiger partial charge on any atom is -0.449 e. The van der Waals surface area contributed by atoms with Crippen LogP contribution in [0.2, 0.25) is 0 Å². The number of ether oxygens (including phenoxy) is 1. The Labute approximate surface area is 180 Å². The van der Waals surface area contributed by atoms with Crippen LogP contribution in [-0.2, 0) is 16.1 Å². The smallest absolute Gasteiger partial charge is 0.338 e. The zero-order valence-corrected chi connectivity index (χ0v) is 17.3. The lowest BCUT2D eigenvalue weighted by atomic mass is 10.1. The summed E-state index contributed by atoms with van der Waals surface area (Å²) in [6.07, 6.45) is 3.10. The van der Waals surface area contributed by atoms with Crippen molar-refractivity contribution >= 4 is 23.7 Å². The number of hydrogen-bond donors (Lipinski definition) is 1. The Bertz CT molecular complexity index is 1030. The second-order valence-corrected chi connectivity index (χ2v) is 7.98. The number of rotatable bonds is 6. The molecule has 7 heteroatoms. The highest BCUT2D eigenvalue weighted by Crippen LogP contribution is 2.26. The summed E-state index contributed by atoms with van der Waals surface area (Å²) in [4.78, 5) is 51.4. The van der Waals surface area contributed by atoms with Gasteiger partial charge in [-0.05, 0) is 43.5 Å². The van der Waals surface area contributed by atoms with Crippen molar-refractivity contribution in [1.29, 1.82) is 0 Å². The highest BCUT2D eigenvalue weighted by atomic mass is 16.5. The van der Waals surface area contributed by atoms with Crippen LogP contribution in [0.1, 0.15) is 69.2 Å². The van der Waals surface area contributed by atoms with Crippen LogP contribution in [0.4, 0.5) is 0 Å². The maximum absolute atomic E-state index is 12.8. The van der Waals surface area contributed by atoms with Crippen LogP contribution in [0.25, 0.3) is 0 Å². The average Bonchev–Trinajstić information content (AvgIpc) is 3.37. The molecule has 1 aliphatic heterocycles. The van der Waals surface area contributed by atoms with Crippen LogP contribution in [-0.4, -0.2) is 40.7 Å². The topological polar surface area (TPSA) is 92.8 Å². The molecule has 2 aromatic rings. The minimum atomic E-state index is -0.951. The quantitative estimate of drug-likeness (QED) is 0.573. The van der Waals surface area contributed by atoms with Gasteiger partial charge in [0.15, 0.2) is 6.10 Å². The normalized spacial score (nSPS) is 16.9. The maximum Gasteiger partial charge on any atom is 0.338 e. The van der Waals surface area contributed by atoms with Gasteiger partial charge in [-0.15, -0.1) is 0 Å². The first kappa shape index (κ1) is 20.8. The van der Waals surface area contributed by atoms with E-state index in [1.54, 1.807) is 0 Å².